The minimum Gasteiger partial charge on any atom is -0.490 e. The molecule has 2 aromatic carbocycles. The maximum absolute atomic E-state index is 10.7. The van der Waals surface area contributed by atoms with Crippen LogP contribution < -0.4 is 9.47 Å². The van der Waals surface area contributed by atoms with Gasteiger partial charge in [0.1, 0.15) is 29.1 Å². The molecule has 112 valence electrons. The third-order valence-electron chi connectivity index (χ3n) is 2.59. The third kappa shape index (κ3) is 5.45. The summed E-state index contributed by atoms with van der Waals surface area (Å²) < 4.78 is 41.3. The van der Waals surface area contributed by atoms with E-state index in [4.69, 9.17) is 14.0 Å². The molecule has 0 bridgehead atoms. The van der Waals surface area contributed by atoms with Gasteiger partial charge >= 0.3 is 0 Å². The Morgan fingerprint density at radius 1 is 0.952 bits per heavy atom. The molecule has 1 N–H and O–H groups in total. The van der Waals surface area contributed by atoms with Crippen molar-refractivity contribution in [2.24, 2.45) is 0 Å². The first-order valence-corrected chi connectivity index (χ1v) is 7.98. The SMILES string of the molecule is CC(CS(=O)(=O)O)Oc1ccc(Oc2ccccc2)cc1. The zero-order chi connectivity index (χ0) is 15.3. The van der Waals surface area contributed by atoms with Crippen LogP contribution in [0.2, 0.25) is 0 Å². The fourth-order valence-corrected chi connectivity index (χ4v) is 2.44. The molecule has 0 fully saturated rings. The second-order valence-electron chi connectivity index (χ2n) is 4.56. The van der Waals surface area contributed by atoms with Crippen molar-refractivity contribution in [2.45, 2.75) is 13.0 Å². The van der Waals surface area contributed by atoms with Gasteiger partial charge in [-0.1, -0.05) is 18.2 Å². The molecule has 21 heavy (non-hydrogen) atoms. The van der Waals surface area contributed by atoms with Gasteiger partial charge in [-0.2, -0.15) is 8.42 Å². The van der Waals surface area contributed by atoms with Gasteiger partial charge < -0.3 is 9.47 Å². The summed E-state index contributed by atoms with van der Waals surface area (Å²) in [6, 6.07) is 16.2. The molecule has 0 amide bonds. The topological polar surface area (TPSA) is 72.8 Å². The van der Waals surface area contributed by atoms with Crippen LogP contribution in [-0.2, 0) is 10.1 Å². The summed E-state index contributed by atoms with van der Waals surface area (Å²) in [5.41, 5.74) is 0. The van der Waals surface area contributed by atoms with Crippen molar-refractivity contribution in [3.63, 3.8) is 0 Å². The Bertz CT molecular complexity index is 665. The van der Waals surface area contributed by atoms with E-state index in [0.717, 1.165) is 5.75 Å². The first-order valence-electron chi connectivity index (χ1n) is 6.37. The predicted molar refractivity (Wildman–Crippen MR) is 79.5 cm³/mol. The lowest BCUT2D eigenvalue weighted by Crippen LogP contribution is -2.23. The Balaban J connectivity index is 1.96. The smallest absolute Gasteiger partial charge is 0.268 e. The van der Waals surface area contributed by atoms with Crippen LogP contribution in [0.15, 0.2) is 54.6 Å². The van der Waals surface area contributed by atoms with Crippen molar-refractivity contribution in [3.05, 3.63) is 54.6 Å². The minimum atomic E-state index is -4.04. The minimum absolute atomic E-state index is 0.449. The van der Waals surface area contributed by atoms with Crippen LogP contribution in [0.5, 0.6) is 17.2 Å². The quantitative estimate of drug-likeness (QED) is 0.830. The Hall–Kier alpha value is -2.05. The van der Waals surface area contributed by atoms with Gasteiger partial charge in [0.2, 0.25) is 0 Å². The average molecular weight is 308 g/mol. The predicted octanol–water partition coefficient (Wildman–Crippen LogP) is 3.13. The number of benzene rings is 2. The maximum atomic E-state index is 10.7. The van der Waals surface area contributed by atoms with Crippen molar-refractivity contribution in [3.8, 4) is 17.2 Å². The van der Waals surface area contributed by atoms with Gasteiger partial charge in [0.05, 0.1) is 0 Å². The largest absolute Gasteiger partial charge is 0.490 e. The van der Waals surface area contributed by atoms with E-state index in [1.807, 2.05) is 30.3 Å². The van der Waals surface area contributed by atoms with E-state index < -0.39 is 22.0 Å². The Morgan fingerprint density at radius 3 is 2.05 bits per heavy atom. The molecule has 0 aliphatic rings. The van der Waals surface area contributed by atoms with Crippen molar-refractivity contribution in [1.82, 2.24) is 0 Å². The van der Waals surface area contributed by atoms with Crippen LogP contribution in [0.25, 0.3) is 0 Å². The first-order chi connectivity index (χ1) is 9.92. The molecule has 6 heteroatoms. The lowest BCUT2D eigenvalue weighted by Gasteiger charge is -2.13. The normalized spacial score (nSPS) is 12.7. The van der Waals surface area contributed by atoms with Gasteiger partial charge in [-0.3, -0.25) is 4.55 Å². The molecule has 2 rings (SSSR count). The Labute approximate surface area is 123 Å². The van der Waals surface area contributed by atoms with Gasteiger partial charge in [-0.05, 0) is 43.3 Å². The fraction of sp³-hybridized carbons (Fsp3) is 0.200. The highest BCUT2D eigenvalue weighted by Crippen LogP contribution is 2.24. The number of hydrogen-bond acceptors (Lipinski definition) is 4. The van der Waals surface area contributed by atoms with Crippen molar-refractivity contribution in [2.75, 3.05) is 5.75 Å². The highest BCUT2D eigenvalue weighted by atomic mass is 32.2. The van der Waals surface area contributed by atoms with Crippen LogP contribution in [0, 0.1) is 0 Å². The fourth-order valence-electron chi connectivity index (χ4n) is 1.77. The zero-order valence-electron chi connectivity index (χ0n) is 11.5. The highest BCUT2D eigenvalue weighted by molar-refractivity contribution is 7.85. The van der Waals surface area contributed by atoms with Crippen LogP contribution in [0.3, 0.4) is 0 Å². The molecule has 0 spiro atoms. The molecule has 0 aliphatic heterocycles. The molecule has 0 heterocycles. The summed E-state index contributed by atoms with van der Waals surface area (Å²) in [5.74, 6) is 1.43. The van der Waals surface area contributed by atoms with Gasteiger partial charge in [-0.25, -0.2) is 0 Å². The van der Waals surface area contributed by atoms with E-state index in [1.165, 1.54) is 0 Å². The monoisotopic (exact) mass is 308 g/mol. The van der Waals surface area contributed by atoms with Gasteiger partial charge in [0, 0.05) is 0 Å². The molecule has 2 aromatic rings. The number of rotatable bonds is 6. The third-order valence-corrected chi connectivity index (χ3v) is 3.48. The standard InChI is InChI=1S/C15H16O5S/c1-12(11-21(16,17)18)19-14-7-9-15(10-8-14)20-13-5-3-2-4-6-13/h2-10,12H,11H2,1H3,(H,16,17,18). The molecule has 1 atom stereocenters. The van der Waals surface area contributed by atoms with E-state index in [0.29, 0.717) is 11.5 Å². The second-order valence-corrected chi connectivity index (χ2v) is 6.06. The van der Waals surface area contributed by atoms with E-state index in [2.05, 4.69) is 0 Å². The number of para-hydroxylation sites is 1. The van der Waals surface area contributed by atoms with Crippen molar-refractivity contribution < 1.29 is 22.4 Å². The van der Waals surface area contributed by atoms with Crippen LogP contribution in [0.1, 0.15) is 6.92 Å². The van der Waals surface area contributed by atoms with E-state index in [9.17, 15) is 8.42 Å². The zero-order valence-corrected chi connectivity index (χ0v) is 12.3. The molecule has 0 radical (unpaired) electrons. The summed E-state index contributed by atoms with van der Waals surface area (Å²) in [6.45, 7) is 1.57. The van der Waals surface area contributed by atoms with Crippen molar-refractivity contribution >= 4 is 10.1 Å². The molecule has 0 saturated heterocycles. The lowest BCUT2D eigenvalue weighted by molar-refractivity contribution is 0.241. The van der Waals surface area contributed by atoms with Crippen LogP contribution in [0.4, 0.5) is 0 Å². The Morgan fingerprint density at radius 2 is 1.48 bits per heavy atom. The van der Waals surface area contributed by atoms with Gasteiger partial charge in [0.15, 0.2) is 0 Å². The molecule has 1 unspecified atom stereocenters. The van der Waals surface area contributed by atoms with Gasteiger partial charge in [-0.15, -0.1) is 0 Å². The molecule has 0 saturated carbocycles. The summed E-state index contributed by atoms with van der Waals surface area (Å²) in [4.78, 5) is 0. The summed E-state index contributed by atoms with van der Waals surface area (Å²) in [6.07, 6.45) is -0.638. The molecule has 0 aromatic heterocycles. The number of ether oxygens (including phenoxy) is 2. The van der Waals surface area contributed by atoms with E-state index in [-0.39, 0.29) is 0 Å². The second kappa shape index (κ2) is 6.60. The molecular weight excluding hydrogens is 292 g/mol. The average Bonchev–Trinajstić information content (AvgIpc) is 2.40. The van der Waals surface area contributed by atoms with Crippen molar-refractivity contribution in [1.29, 1.82) is 0 Å². The summed E-state index contributed by atoms with van der Waals surface area (Å²) >= 11 is 0. The lowest BCUT2D eigenvalue weighted by atomic mass is 10.3. The van der Waals surface area contributed by atoms with Crippen LogP contribution >= 0.6 is 0 Å². The van der Waals surface area contributed by atoms with Crippen LogP contribution in [-0.4, -0.2) is 24.8 Å². The van der Waals surface area contributed by atoms with Gasteiger partial charge in [0.25, 0.3) is 10.1 Å². The molecule has 0 aliphatic carbocycles. The first kappa shape index (κ1) is 15.3. The summed E-state index contributed by atoms with van der Waals surface area (Å²) in [5, 5.41) is 0. The number of hydrogen-bond donors (Lipinski definition) is 1. The highest BCUT2D eigenvalue weighted by Gasteiger charge is 2.13. The van der Waals surface area contributed by atoms with E-state index in [1.54, 1.807) is 31.2 Å². The van der Waals surface area contributed by atoms with E-state index >= 15 is 0 Å². The maximum Gasteiger partial charge on any atom is 0.268 e. The summed E-state index contributed by atoms with van der Waals surface area (Å²) in [7, 11) is -4.04. The molecular formula is C15H16O5S. The molecule has 5 nitrogen and oxygen atoms in total. The Kier molecular flexibility index (Phi) is 4.82.